The van der Waals surface area contributed by atoms with E-state index in [0.29, 0.717) is 12.2 Å². The molecule has 6 nitrogen and oxygen atoms in total. The molecule has 134 valence electrons. The molecule has 0 amide bonds. The molecule has 0 fully saturated rings. The van der Waals surface area contributed by atoms with Gasteiger partial charge in [0, 0.05) is 25.9 Å². The summed E-state index contributed by atoms with van der Waals surface area (Å²) in [6.45, 7) is 7.11. The Morgan fingerprint density at radius 2 is 1.92 bits per heavy atom. The summed E-state index contributed by atoms with van der Waals surface area (Å²) in [5.41, 5.74) is 2.98. The van der Waals surface area contributed by atoms with Crippen molar-refractivity contribution in [2.24, 2.45) is 7.05 Å². The minimum atomic E-state index is -0.425. The van der Waals surface area contributed by atoms with Crippen molar-refractivity contribution in [2.45, 2.75) is 39.3 Å². The maximum atomic E-state index is 11.0. The van der Waals surface area contributed by atoms with Crippen LogP contribution >= 0.6 is 12.2 Å². The summed E-state index contributed by atoms with van der Waals surface area (Å²) in [6, 6.07) is 9.77. The molecule has 1 N–H and O–H groups in total. The summed E-state index contributed by atoms with van der Waals surface area (Å²) in [5, 5.41) is 14.2. The number of benzene rings is 1. The molecule has 0 atom stereocenters. The molecule has 0 radical (unpaired) electrons. The van der Waals surface area contributed by atoms with Crippen LogP contribution in [0, 0.1) is 10.1 Å². The number of hydrogen-bond donors (Lipinski definition) is 1. The third-order valence-electron chi connectivity index (χ3n) is 3.97. The maximum absolute atomic E-state index is 11.0. The number of nitrogens with one attached hydrogen (secondary N) is 1. The Hall–Kier alpha value is -2.41. The average molecular weight is 361 g/mol. The van der Waals surface area contributed by atoms with Gasteiger partial charge >= 0.3 is 0 Å². The molecule has 25 heavy (non-hydrogen) atoms. The van der Waals surface area contributed by atoms with Crippen LogP contribution in [-0.4, -0.2) is 14.7 Å². The van der Waals surface area contributed by atoms with Crippen molar-refractivity contribution in [3.05, 3.63) is 63.5 Å². The third kappa shape index (κ3) is 5.03. The monoisotopic (exact) mass is 361 g/mol. The van der Waals surface area contributed by atoms with E-state index in [2.05, 4.69) is 50.4 Å². The largest absolute Gasteiger partial charge is 0.464 e. The zero-order valence-corrected chi connectivity index (χ0v) is 15.7. The second-order valence-corrected chi connectivity index (χ2v) is 7.26. The fraction of sp³-hybridized carbons (Fsp3) is 0.389. The highest BCUT2D eigenvalue weighted by Gasteiger charge is 2.18. The van der Waals surface area contributed by atoms with E-state index in [1.54, 1.807) is 17.8 Å². The maximum Gasteiger partial charge on any atom is 0.293 e. The van der Waals surface area contributed by atoms with Crippen LogP contribution in [-0.2, 0) is 30.4 Å². The highest BCUT2D eigenvalue weighted by atomic mass is 32.1. The lowest BCUT2D eigenvalue weighted by Gasteiger charge is -2.19. The molecule has 0 unspecified atom stereocenters. The van der Waals surface area contributed by atoms with Crippen molar-refractivity contribution in [1.29, 1.82) is 0 Å². The van der Waals surface area contributed by atoms with Crippen molar-refractivity contribution >= 4 is 23.1 Å². The van der Waals surface area contributed by atoms with Crippen molar-refractivity contribution in [1.82, 2.24) is 9.88 Å². The van der Waals surface area contributed by atoms with E-state index in [-0.39, 0.29) is 22.9 Å². The number of aryl methyl sites for hydroxylation is 1. The second kappa shape index (κ2) is 7.65. The van der Waals surface area contributed by atoms with Crippen LogP contribution in [0.2, 0.25) is 0 Å². The Labute approximate surface area is 153 Å². The number of thiocarbonyl (C=S) groups is 1. The van der Waals surface area contributed by atoms with Crippen molar-refractivity contribution in [3.8, 4) is 0 Å². The summed E-state index contributed by atoms with van der Waals surface area (Å²) >= 11 is 5.15. The number of rotatable bonds is 5. The minimum absolute atomic E-state index is 0.0306. The van der Waals surface area contributed by atoms with E-state index >= 15 is 0 Å². The lowest BCUT2D eigenvalue weighted by atomic mass is 9.87. The fourth-order valence-electron chi connectivity index (χ4n) is 2.37. The van der Waals surface area contributed by atoms with Gasteiger partial charge in [0.25, 0.3) is 10.9 Å². The quantitative estimate of drug-likeness (QED) is 0.498. The summed E-state index contributed by atoms with van der Waals surface area (Å²) < 4.78 is 7.11. The zero-order chi connectivity index (χ0) is 18.6. The number of hydrogen-bond acceptors (Lipinski definition) is 4. The molecule has 1 aromatic heterocycles. The van der Waals surface area contributed by atoms with Gasteiger partial charge in [-0.25, -0.2) is 0 Å². The van der Waals surface area contributed by atoms with Crippen molar-refractivity contribution in [2.75, 3.05) is 0 Å². The van der Waals surface area contributed by atoms with E-state index in [0.717, 1.165) is 5.56 Å². The van der Waals surface area contributed by atoms with Crippen LogP contribution in [0.5, 0.6) is 0 Å². The fourth-order valence-corrected chi connectivity index (χ4v) is 2.50. The molecule has 0 aliphatic carbocycles. The molecular weight excluding hydrogens is 338 g/mol. The van der Waals surface area contributed by atoms with Gasteiger partial charge in [0.05, 0.1) is 4.92 Å². The zero-order valence-electron chi connectivity index (χ0n) is 14.9. The predicted octanol–water partition coefficient (Wildman–Crippen LogP) is 3.82. The van der Waals surface area contributed by atoms with Gasteiger partial charge in [-0.05, 0) is 28.8 Å². The Kier molecular flexibility index (Phi) is 5.79. The summed E-state index contributed by atoms with van der Waals surface area (Å²) in [5.74, 6) is 0. The number of aromatic nitrogens is 1. The molecule has 0 aliphatic heterocycles. The Morgan fingerprint density at radius 3 is 2.48 bits per heavy atom. The summed E-state index contributed by atoms with van der Waals surface area (Å²) in [4.78, 5) is 10.6. The van der Waals surface area contributed by atoms with Crippen LogP contribution < -0.4 is 5.32 Å². The van der Waals surface area contributed by atoms with Crippen LogP contribution in [0.1, 0.15) is 37.6 Å². The van der Waals surface area contributed by atoms with Crippen LogP contribution in [0.3, 0.4) is 0 Å². The lowest BCUT2D eigenvalue weighted by molar-refractivity contribution is -0.385. The van der Waals surface area contributed by atoms with Gasteiger partial charge in [-0.3, -0.25) is 10.1 Å². The molecule has 7 heteroatoms. The van der Waals surface area contributed by atoms with Gasteiger partial charge in [0.1, 0.15) is 12.3 Å². The van der Waals surface area contributed by atoms with Crippen LogP contribution in [0.4, 0.5) is 5.69 Å². The second-order valence-electron chi connectivity index (χ2n) is 6.89. The third-order valence-corrected chi connectivity index (χ3v) is 4.23. The number of ether oxygens (including phenoxy) is 1. The van der Waals surface area contributed by atoms with Gasteiger partial charge in [0.2, 0.25) is 0 Å². The molecule has 1 aromatic carbocycles. The number of nitrogens with zero attached hydrogens (tertiary/aromatic N) is 2. The minimum Gasteiger partial charge on any atom is -0.464 e. The van der Waals surface area contributed by atoms with Crippen molar-refractivity contribution < 1.29 is 9.66 Å². The molecule has 0 saturated carbocycles. The van der Waals surface area contributed by atoms with E-state index in [4.69, 9.17) is 17.0 Å². The number of nitro groups is 1. The van der Waals surface area contributed by atoms with E-state index in [9.17, 15) is 10.1 Å². The normalized spacial score (nSPS) is 11.2. The highest BCUT2D eigenvalue weighted by molar-refractivity contribution is 7.80. The van der Waals surface area contributed by atoms with Crippen LogP contribution in [0.25, 0.3) is 0 Å². The van der Waals surface area contributed by atoms with E-state index in [1.165, 1.54) is 11.6 Å². The first-order chi connectivity index (χ1) is 11.7. The Morgan fingerprint density at radius 1 is 1.28 bits per heavy atom. The average Bonchev–Trinajstić information content (AvgIpc) is 2.91. The first kappa shape index (κ1) is 18.9. The van der Waals surface area contributed by atoms with Gasteiger partial charge in [-0.1, -0.05) is 45.0 Å². The SMILES string of the molecule is Cn1ccc([N+](=O)[O-])c1COC(=S)NCc1ccc(C(C)(C)C)cc1. The summed E-state index contributed by atoms with van der Waals surface area (Å²) in [6.07, 6.45) is 1.63. The first-order valence-corrected chi connectivity index (χ1v) is 8.38. The molecule has 0 aliphatic rings. The Bertz CT molecular complexity index is 761. The molecule has 2 rings (SSSR count). The standard InChI is InChI=1S/C18H23N3O3S/c1-18(2,3)14-7-5-13(6-8-14)11-19-17(25)24-12-16-15(21(22)23)9-10-20(16)4/h5-10H,11-12H2,1-4H3,(H,19,25). The smallest absolute Gasteiger partial charge is 0.293 e. The molecule has 0 bridgehead atoms. The van der Waals surface area contributed by atoms with Gasteiger partial charge in [-0.15, -0.1) is 0 Å². The highest BCUT2D eigenvalue weighted by Crippen LogP contribution is 2.22. The topological polar surface area (TPSA) is 69.3 Å². The Balaban J connectivity index is 1.87. The summed E-state index contributed by atoms with van der Waals surface area (Å²) in [7, 11) is 1.74. The van der Waals surface area contributed by atoms with E-state index in [1.807, 2.05) is 0 Å². The van der Waals surface area contributed by atoms with E-state index < -0.39 is 4.92 Å². The van der Waals surface area contributed by atoms with Crippen molar-refractivity contribution in [3.63, 3.8) is 0 Å². The van der Waals surface area contributed by atoms with Gasteiger partial charge in [-0.2, -0.15) is 0 Å². The van der Waals surface area contributed by atoms with Gasteiger partial charge in [0.15, 0.2) is 0 Å². The lowest BCUT2D eigenvalue weighted by Crippen LogP contribution is -2.24. The first-order valence-electron chi connectivity index (χ1n) is 7.97. The van der Waals surface area contributed by atoms with Crippen LogP contribution in [0.15, 0.2) is 36.5 Å². The molecule has 1 heterocycles. The molecular formula is C18H23N3O3S. The molecule has 2 aromatic rings. The predicted molar refractivity (Wildman–Crippen MR) is 101 cm³/mol. The molecule has 0 saturated heterocycles. The molecule has 0 spiro atoms. The van der Waals surface area contributed by atoms with Gasteiger partial charge < -0.3 is 14.6 Å².